The quantitative estimate of drug-likeness (QED) is 0.218. The summed E-state index contributed by atoms with van der Waals surface area (Å²) in [5.41, 5.74) is 2.71. The lowest BCUT2D eigenvalue weighted by atomic mass is 9.99. The predicted molar refractivity (Wildman–Crippen MR) is 144 cm³/mol. The van der Waals surface area contributed by atoms with E-state index in [1.165, 1.54) is 32.7 Å². The number of epoxide rings is 2. The molecule has 2 aliphatic heterocycles. The largest absolute Gasteiger partial charge is 0.491 e. The summed E-state index contributed by atoms with van der Waals surface area (Å²) in [6.07, 6.45) is 5.05. The highest BCUT2D eigenvalue weighted by Gasteiger charge is 2.26. The van der Waals surface area contributed by atoms with Gasteiger partial charge in [0.25, 0.3) is 0 Å². The molecule has 2 heterocycles. The van der Waals surface area contributed by atoms with Gasteiger partial charge in [-0.05, 0) is 83.6 Å². The second-order valence-electron chi connectivity index (χ2n) is 10.4. The average Bonchev–Trinajstić information content (AvgIpc) is 3.80. The van der Waals surface area contributed by atoms with Crippen molar-refractivity contribution in [1.82, 2.24) is 0 Å². The fraction of sp³-hybridized carbons (Fsp3) is 0.375. The van der Waals surface area contributed by atoms with Gasteiger partial charge in [-0.25, -0.2) is 0 Å². The number of rotatable bonds is 11. The Kier molecular flexibility index (Phi) is 6.56. The number of ether oxygens (including phenoxy) is 4. The molecule has 0 N–H and O–H groups in total. The Morgan fingerprint density at radius 1 is 0.611 bits per heavy atom. The van der Waals surface area contributed by atoms with Crippen LogP contribution in [0.1, 0.15) is 37.8 Å². The molecule has 6 rings (SSSR count). The lowest BCUT2D eigenvalue weighted by molar-refractivity contribution is 0.194. The molecule has 0 radical (unpaired) electrons. The Balaban J connectivity index is 1.07. The first-order valence-corrected chi connectivity index (χ1v) is 13.2. The molecule has 36 heavy (non-hydrogen) atoms. The maximum absolute atomic E-state index is 6.09. The Bertz CT molecular complexity index is 1250. The normalized spacial score (nSPS) is 20.3. The zero-order chi connectivity index (χ0) is 24.5. The van der Waals surface area contributed by atoms with Crippen LogP contribution < -0.4 is 9.47 Å². The number of benzene rings is 4. The van der Waals surface area contributed by atoms with Gasteiger partial charge in [0.2, 0.25) is 0 Å². The van der Waals surface area contributed by atoms with Crippen LogP contribution in [0.15, 0.2) is 72.8 Å². The third-order valence-corrected chi connectivity index (χ3v) is 7.12. The van der Waals surface area contributed by atoms with Gasteiger partial charge in [-0.15, -0.1) is 0 Å². The molecule has 4 unspecified atom stereocenters. The second kappa shape index (κ2) is 10.1. The van der Waals surface area contributed by atoms with Crippen LogP contribution in [-0.2, 0) is 22.3 Å². The lowest BCUT2D eigenvalue weighted by Crippen LogP contribution is -2.14. The number of hydrogen-bond acceptors (Lipinski definition) is 4. The highest BCUT2D eigenvalue weighted by molar-refractivity contribution is 5.85. The molecule has 4 aromatic rings. The summed E-state index contributed by atoms with van der Waals surface area (Å²) in [7, 11) is 0. The number of aryl methyl sites for hydroxylation is 2. The summed E-state index contributed by atoms with van der Waals surface area (Å²) in [6.45, 7) is 5.97. The van der Waals surface area contributed by atoms with Crippen molar-refractivity contribution in [3.05, 3.63) is 83.9 Å². The van der Waals surface area contributed by atoms with E-state index in [0.29, 0.717) is 12.2 Å². The van der Waals surface area contributed by atoms with Gasteiger partial charge in [0.05, 0.1) is 37.6 Å². The molecule has 2 saturated heterocycles. The average molecular weight is 483 g/mol. The van der Waals surface area contributed by atoms with E-state index in [2.05, 4.69) is 86.6 Å². The van der Waals surface area contributed by atoms with E-state index in [1.54, 1.807) is 0 Å². The van der Waals surface area contributed by atoms with Gasteiger partial charge in [0.1, 0.15) is 11.5 Å². The molecule has 0 saturated carbocycles. The van der Waals surface area contributed by atoms with Crippen LogP contribution in [0.4, 0.5) is 0 Å². The zero-order valence-corrected chi connectivity index (χ0v) is 21.1. The SMILES string of the molecule is CC(CC1CO1)Oc1ccc2cc(CCc3ccc4cc(OC(C)CC5CO5)ccc4c3)ccc2c1. The van der Waals surface area contributed by atoms with Crippen LogP contribution in [-0.4, -0.2) is 37.6 Å². The second-order valence-corrected chi connectivity index (χ2v) is 10.4. The van der Waals surface area contributed by atoms with Gasteiger partial charge in [-0.2, -0.15) is 0 Å². The Hall–Kier alpha value is -3.08. The van der Waals surface area contributed by atoms with Crippen LogP contribution in [0.2, 0.25) is 0 Å². The van der Waals surface area contributed by atoms with Crippen molar-refractivity contribution in [3.8, 4) is 11.5 Å². The van der Waals surface area contributed by atoms with E-state index in [1.807, 2.05) is 0 Å². The molecule has 0 bridgehead atoms. The highest BCUT2D eigenvalue weighted by atomic mass is 16.6. The molecule has 0 amide bonds. The van der Waals surface area contributed by atoms with Gasteiger partial charge in [-0.1, -0.05) is 48.5 Å². The molecule has 4 aromatic carbocycles. The molecule has 2 aliphatic rings. The maximum atomic E-state index is 6.09. The molecule has 0 aromatic heterocycles. The van der Waals surface area contributed by atoms with Crippen LogP contribution in [0, 0.1) is 0 Å². The molecule has 186 valence electrons. The van der Waals surface area contributed by atoms with Crippen molar-refractivity contribution >= 4 is 21.5 Å². The van der Waals surface area contributed by atoms with Crippen LogP contribution in [0.25, 0.3) is 21.5 Å². The fourth-order valence-electron chi connectivity index (χ4n) is 5.00. The minimum Gasteiger partial charge on any atom is -0.491 e. The summed E-state index contributed by atoms with van der Waals surface area (Å²) in [5.74, 6) is 1.86. The van der Waals surface area contributed by atoms with Crippen molar-refractivity contribution in [3.63, 3.8) is 0 Å². The van der Waals surface area contributed by atoms with Crippen LogP contribution >= 0.6 is 0 Å². The minimum atomic E-state index is 0.168. The van der Waals surface area contributed by atoms with E-state index in [9.17, 15) is 0 Å². The fourth-order valence-corrected chi connectivity index (χ4v) is 5.00. The van der Waals surface area contributed by atoms with Gasteiger partial charge < -0.3 is 18.9 Å². The molecular formula is C32H34O4. The van der Waals surface area contributed by atoms with Crippen molar-refractivity contribution < 1.29 is 18.9 Å². The van der Waals surface area contributed by atoms with Gasteiger partial charge in [0.15, 0.2) is 0 Å². The van der Waals surface area contributed by atoms with Crippen LogP contribution in [0.3, 0.4) is 0 Å². The number of fused-ring (bicyclic) bond motifs is 2. The number of hydrogen-bond donors (Lipinski definition) is 0. The topological polar surface area (TPSA) is 43.5 Å². The molecule has 4 nitrogen and oxygen atoms in total. The summed E-state index contributed by atoms with van der Waals surface area (Å²) >= 11 is 0. The lowest BCUT2D eigenvalue weighted by Gasteiger charge is -2.14. The van der Waals surface area contributed by atoms with Crippen molar-refractivity contribution in [2.45, 2.75) is 63.9 Å². The first-order valence-electron chi connectivity index (χ1n) is 13.2. The first kappa shape index (κ1) is 23.3. The van der Waals surface area contributed by atoms with E-state index in [-0.39, 0.29) is 12.2 Å². The van der Waals surface area contributed by atoms with Crippen molar-refractivity contribution in [2.24, 2.45) is 0 Å². The van der Waals surface area contributed by atoms with Gasteiger partial charge in [0, 0.05) is 12.8 Å². The summed E-state index contributed by atoms with van der Waals surface area (Å²) in [5, 5.41) is 4.95. The monoisotopic (exact) mass is 482 g/mol. The van der Waals surface area contributed by atoms with E-state index >= 15 is 0 Å². The summed E-state index contributed by atoms with van der Waals surface area (Å²) in [4.78, 5) is 0. The summed E-state index contributed by atoms with van der Waals surface area (Å²) in [6, 6.07) is 26.3. The van der Waals surface area contributed by atoms with Crippen LogP contribution in [0.5, 0.6) is 11.5 Å². The smallest absolute Gasteiger partial charge is 0.120 e. The zero-order valence-electron chi connectivity index (χ0n) is 21.1. The third kappa shape index (κ3) is 6.00. The third-order valence-electron chi connectivity index (χ3n) is 7.12. The maximum Gasteiger partial charge on any atom is 0.120 e. The summed E-state index contributed by atoms with van der Waals surface area (Å²) < 4.78 is 22.8. The van der Waals surface area contributed by atoms with Gasteiger partial charge >= 0.3 is 0 Å². The van der Waals surface area contributed by atoms with E-state index in [4.69, 9.17) is 18.9 Å². The molecule has 0 aliphatic carbocycles. The minimum absolute atomic E-state index is 0.168. The van der Waals surface area contributed by atoms with Gasteiger partial charge in [-0.3, -0.25) is 0 Å². The molecule has 4 heteroatoms. The van der Waals surface area contributed by atoms with E-state index in [0.717, 1.165) is 50.4 Å². The Morgan fingerprint density at radius 2 is 1.00 bits per heavy atom. The van der Waals surface area contributed by atoms with Crippen molar-refractivity contribution in [1.29, 1.82) is 0 Å². The molecular weight excluding hydrogens is 448 g/mol. The first-order chi connectivity index (χ1) is 17.6. The van der Waals surface area contributed by atoms with Crippen molar-refractivity contribution in [2.75, 3.05) is 13.2 Å². The highest BCUT2D eigenvalue weighted by Crippen LogP contribution is 2.27. The Morgan fingerprint density at radius 3 is 1.42 bits per heavy atom. The van der Waals surface area contributed by atoms with E-state index < -0.39 is 0 Å². The molecule has 4 atom stereocenters. The molecule has 0 spiro atoms. The Labute approximate surface area is 213 Å². The molecule has 2 fully saturated rings. The standard InChI is InChI=1S/C32H34O4/c1-21(13-31-19-33-31)35-29-11-9-25-15-23(5-7-27(25)17-29)3-4-24-6-8-28-18-30(12-10-26(28)16-24)36-22(2)14-32-20-34-32/h5-12,15-18,21-22,31-32H,3-4,13-14,19-20H2,1-2H3. The predicted octanol–water partition coefficient (Wildman–Crippen LogP) is 6.89.